The minimum atomic E-state index is -0.124. The van der Waals surface area contributed by atoms with Crippen molar-refractivity contribution in [2.75, 3.05) is 0 Å². The fourth-order valence-electron chi connectivity index (χ4n) is 1.98. The number of amides is 1. The summed E-state index contributed by atoms with van der Waals surface area (Å²) in [6.07, 6.45) is 1.72. The molecule has 0 spiro atoms. The summed E-state index contributed by atoms with van der Waals surface area (Å²) in [6, 6.07) is 11.1. The first-order valence-electron chi connectivity index (χ1n) is 6.29. The average Bonchev–Trinajstić information content (AvgIpc) is 2.95. The molecule has 2 heterocycles. The van der Waals surface area contributed by atoms with Crippen LogP contribution >= 0.6 is 11.3 Å². The molecule has 0 aliphatic heterocycles. The van der Waals surface area contributed by atoms with Crippen molar-refractivity contribution in [3.05, 3.63) is 59.4 Å². The summed E-state index contributed by atoms with van der Waals surface area (Å²) in [7, 11) is 0. The Labute approximate surface area is 120 Å². The number of rotatable bonds is 3. The summed E-state index contributed by atoms with van der Waals surface area (Å²) in [5.74, 6) is -0.0987. The molecule has 5 heteroatoms. The number of nitrogens with zero attached hydrogens (tertiary/aromatic N) is 2. The Morgan fingerprint density at radius 2 is 2.15 bits per heavy atom. The molecule has 1 amide bonds. The lowest BCUT2D eigenvalue weighted by Crippen LogP contribution is -2.27. The third kappa shape index (κ3) is 2.53. The van der Waals surface area contributed by atoms with Gasteiger partial charge in [-0.15, -0.1) is 11.3 Å². The lowest BCUT2D eigenvalue weighted by molar-refractivity contribution is 0.0939. The van der Waals surface area contributed by atoms with Crippen LogP contribution in [0.5, 0.6) is 0 Å². The van der Waals surface area contributed by atoms with E-state index in [9.17, 15) is 4.79 Å². The zero-order valence-corrected chi connectivity index (χ0v) is 11.7. The summed E-state index contributed by atoms with van der Waals surface area (Å²) in [5, 5.41) is 2.95. The van der Waals surface area contributed by atoms with E-state index >= 15 is 0 Å². The largest absolute Gasteiger partial charge is 0.344 e. The third-order valence-corrected chi connectivity index (χ3v) is 3.86. The maximum Gasteiger partial charge on any atom is 0.251 e. The number of fused-ring (bicyclic) bond motifs is 1. The number of benzene rings is 1. The number of nitrogens with one attached hydrogen (secondary N) is 1. The molecule has 100 valence electrons. The normalized spacial score (nSPS) is 12.2. The number of aromatic nitrogens is 2. The van der Waals surface area contributed by atoms with Gasteiger partial charge in [0.05, 0.1) is 27.5 Å². The van der Waals surface area contributed by atoms with E-state index in [0.29, 0.717) is 5.56 Å². The number of thiazole rings is 1. The fraction of sp³-hybridized carbons (Fsp3) is 0.133. The van der Waals surface area contributed by atoms with Crippen LogP contribution in [0.1, 0.15) is 29.0 Å². The van der Waals surface area contributed by atoms with Gasteiger partial charge in [0.25, 0.3) is 5.91 Å². The SMILES string of the molecule is C[C@H](NC(=O)c1ccc2ncsc2c1)c1ccccn1. The maximum absolute atomic E-state index is 12.2. The number of hydrogen-bond acceptors (Lipinski definition) is 4. The van der Waals surface area contributed by atoms with Gasteiger partial charge >= 0.3 is 0 Å². The highest BCUT2D eigenvalue weighted by molar-refractivity contribution is 7.16. The van der Waals surface area contributed by atoms with E-state index in [4.69, 9.17) is 0 Å². The van der Waals surface area contributed by atoms with Crippen molar-refractivity contribution in [1.82, 2.24) is 15.3 Å². The van der Waals surface area contributed by atoms with Crippen LogP contribution in [0.3, 0.4) is 0 Å². The molecule has 0 aliphatic carbocycles. The number of carbonyl (C=O) groups is 1. The molecule has 1 N–H and O–H groups in total. The Bertz CT molecular complexity index is 739. The van der Waals surface area contributed by atoms with Gasteiger partial charge in [0.2, 0.25) is 0 Å². The molecule has 0 bridgehead atoms. The lowest BCUT2D eigenvalue weighted by Gasteiger charge is -2.13. The first kappa shape index (κ1) is 12.7. The zero-order valence-electron chi connectivity index (χ0n) is 10.9. The molecule has 0 fully saturated rings. The van der Waals surface area contributed by atoms with E-state index in [1.54, 1.807) is 17.8 Å². The van der Waals surface area contributed by atoms with Gasteiger partial charge in [-0.25, -0.2) is 4.98 Å². The summed E-state index contributed by atoms with van der Waals surface area (Å²) < 4.78 is 1.02. The van der Waals surface area contributed by atoms with Crippen molar-refractivity contribution in [1.29, 1.82) is 0 Å². The van der Waals surface area contributed by atoms with E-state index in [1.807, 2.05) is 37.3 Å². The molecule has 0 saturated carbocycles. The second-order valence-corrected chi connectivity index (χ2v) is 5.37. The molecule has 20 heavy (non-hydrogen) atoms. The van der Waals surface area contributed by atoms with E-state index in [1.165, 1.54) is 11.3 Å². The van der Waals surface area contributed by atoms with Crippen molar-refractivity contribution in [3.63, 3.8) is 0 Å². The van der Waals surface area contributed by atoms with E-state index in [0.717, 1.165) is 15.9 Å². The van der Waals surface area contributed by atoms with Gasteiger partial charge in [-0.1, -0.05) is 6.07 Å². The van der Waals surface area contributed by atoms with Crippen LogP contribution in [0.2, 0.25) is 0 Å². The lowest BCUT2D eigenvalue weighted by atomic mass is 10.1. The molecule has 0 aliphatic rings. The molecule has 1 atom stereocenters. The number of hydrogen-bond donors (Lipinski definition) is 1. The quantitative estimate of drug-likeness (QED) is 0.803. The van der Waals surface area contributed by atoms with E-state index < -0.39 is 0 Å². The highest BCUT2D eigenvalue weighted by Gasteiger charge is 2.12. The summed E-state index contributed by atoms with van der Waals surface area (Å²) in [4.78, 5) is 20.7. The fourth-order valence-corrected chi connectivity index (χ4v) is 2.70. The number of carbonyl (C=O) groups excluding carboxylic acids is 1. The molecule has 0 radical (unpaired) electrons. The Morgan fingerprint density at radius 1 is 1.25 bits per heavy atom. The Hall–Kier alpha value is -2.27. The number of pyridine rings is 1. The topological polar surface area (TPSA) is 54.9 Å². The molecule has 3 rings (SSSR count). The van der Waals surface area contributed by atoms with E-state index in [2.05, 4.69) is 15.3 Å². The van der Waals surface area contributed by atoms with Crippen LogP contribution in [-0.2, 0) is 0 Å². The average molecular weight is 283 g/mol. The van der Waals surface area contributed by atoms with Gasteiger partial charge in [0, 0.05) is 11.8 Å². The van der Waals surface area contributed by atoms with Gasteiger partial charge < -0.3 is 5.32 Å². The summed E-state index contributed by atoms with van der Waals surface area (Å²) >= 11 is 1.53. The molecule has 1 aromatic carbocycles. The van der Waals surface area contributed by atoms with Crippen LogP contribution in [0.15, 0.2) is 48.1 Å². The summed E-state index contributed by atoms with van der Waals surface area (Å²) in [6.45, 7) is 1.92. The predicted octanol–water partition coefficient (Wildman–Crippen LogP) is 3.18. The van der Waals surface area contributed by atoms with Crippen molar-refractivity contribution in [2.24, 2.45) is 0 Å². The second-order valence-electron chi connectivity index (χ2n) is 4.48. The molecular weight excluding hydrogens is 270 g/mol. The van der Waals surface area contributed by atoms with Crippen LogP contribution in [0.4, 0.5) is 0 Å². The van der Waals surface area contributed by atoms with Crippen molar-refractivity contribution in [3.8, 4) is 0 Å². The Balaban J connectivity index is 1.78. The molecule has 2 aromatic heterocycles. The van der Waals surface area contributed by atoms with Gasteiger partial charge in [0.1, 0.15) is 0 Å². The molecule has 0 saturated heterocycles. The second kappa shape index (κ2) is 5.38. The Kier molecular flexibility index (Phi) is 3.43. The van der Waals surface area contributed by atoms with Crippen LogP contribution in [-0.4, -0.2) is 15.9 Å². The minimum Gasteiger partial charge on any atom is -0.344 e. The van der Waals surface area contributed by atoms with Crippen molar-refractivity contribution in [2.45, 2.75) is 13.0 Å². The van der Waals surface area contributed by atoms with Crippen molar-refractivity contribution >= 4 is 27.5 Å². The summed E-state index contributed by atoms with van der Waals surface area (Å²) in [5.41, 5.74) is 4.19. The monoisotopic (exact) mass is 283 g/mol. The first-order valence-corrected chi connectivity index (χ1v) is 7.17. The minimum absolute atomic E-state index is 0.0987. The molecule has 3 aromatic rings. The highest BCUT2D eigenvalue weighted by Crippen LogP contribution is 2.19. The predicted molar refractivity (Wildman–Crippen MR) is 79.7 cm³/mol. The van der Waals surface area contributed by atoms with Crippen molar-refractivity contribution < 1.29 is 4.79 Å². The Morgan fingerprint density at radius 3 is 2.95 bits per heavy atom. The van der Waals surface area contributed by atoms with Gasteiger partial charge in [-0.3, -0.25) is 9.78 Å². The smallest absolute Gasteiger partial charge is 0.251 e. The van der Waals surface area contributed by atoms with E-state index in [-0.39, 0.29) is 11.9 Å². The van der Waals surface area contributed by atoms with Crippen LogP contribution in [0, 0.1) is 0 Å². The first-order chi connectivity index (χ1) is 9.74. The highest BCUT2D eigenvalue weighted by atomic mass is 32.1. The molecule has 4 nitrogen and oxygen atoms in total. The van der Waals surface area contributed by atoms with Crippen LogP contribution < -0.4 is 5.32 Å². The van der Waals surface area contributed by atoms with Gasteiger partial charge in [-0.05, 0) is 37.3 Å². The molecule has 0 unspecified atom stereocenters. The maximum atomic E-state index is 12.2. The molecular formula is C15H13N3OS. The third-order valence-electron chi connectivity index (χ3n) is 3.07. The zero-order chi connectivity index (χ0) is 13.9. The van der Waals surface area contributed by atoms with Gasteiger partial charge in [-0.2, -0.15) is 0 Å². The van der Waals surface area contributed by atoms with Gasteiger partial charge in [0.15, 0.2) is 0 Å². The van der Waals surface area contributed by atoms with Crippen LogP contribution in [0.25, 0.3) is 10.2 Å². The standard InChI is InChI=1S/C15H13N3OS/c1-10(12-4-2-3-7-16-12)18-15(19)11-5-6-13-14(8-11)20-9-17-13/h2-10H,1H3,(H,18,19)/t10-/m0/s1.